The lowest BCUT2D eigenvalue weighted by molar-refractivity contribution is -0.192. The number of carboxylic acid groups (broad SMARTS) is 1. The van der Waals surface area contributed by atoms with Crippen LogP contribution in [0.2, 0.25) is 5.15 Å². The number of fused-ring (bicyclic) bond motifs is 1. The molecule has 5 N–H and O–H groups in total. The topological polar surface area (TPSA) is 108 Å². The molecule has 1 aliphatic rings. The van der Waals surface area contributed by atoms with Crippen LogP contribution in [0.15, 0.2) is 23.6 Å². The van der Waals surface area contributed by atoms with Gasteiger partial charge in [-0.3, -0.25) is 0 Å². The van der Waals surface area contributed by atoms with E-state index in [1.54, 1.807) is 22.7 Å². The largest absolute Gasteiger partial charge is 0.490 e. The minimum atomic E-state index is -5.08. The fraction of sp³-hybridized carbons (Fsp3) is 0.429. The Morgan fingerprint density at radius 3 is 2.70 bits per heavy atom. The van der Waals surface area contributed by atoms with Crippen molar-refractivity contribution in [2.45, 2.75) is 57.0 Å². The third-order valence-corrected chi connectivity index (χ3v) is 7.93. The lowest BCUT2D eigenvalue weighted by Crippen LogP contribution is -2.42. The quantitative estimate of drug-likeness (QED) is 0.337. The Labute approximate surface area is 201 Å². The summed E-state index contributed by atoms with van der Waals surface area (Å²) in [5.74, 6) is -2.57. The maximum Gasteiger partial charge on any atom is 0.490 e. The molecule has 0 spiro atoms. The molecule has 0 aliphatic heterocycles. The number of aromatic nitrogens is 1. The Morgan fingerprint density at radius 1 is 1.39 bits per heavy atom. The number of rotatable bonds is 4. The molecule has 1 aliphatic carbocycles. The van der Waals surface area contributed by atoms with Gasteiger partial charge in [0.25, 0.3) is 0 Å². The molecule has 3 aromatic rings. The van der Waals surface area contributed by atoms with Crippen LogP contribution in [0.5, 0.6) is 0 Å². The summed E-state index contributed by atoms with van der Waals surface area (Å²) in [5.41, 5.74) is 9.43. The summed E-state index contributed by atoms with van der Waals surface area (Å²) in [5, 5.41) is 23.4. The fourth-order valence-electron chi connectivity index (χ4n) is 3.75. The minimum absolute atomic E-state index is 0.182. The minimum Gasteiger partial charge on any atom is -0.475 e. The molecule has 0 saturated heterocycles. The molecule has 3 aromatic heterocycles. The van der Waals surface area contributed by atoms with E-state index in [4.69, 9.17) is 27.2 Å². The molecule has 6 nitrogen and oxygen atoms in total. The maximum absolute atomic E-state index is 10.6. The lowest BCUT2D eigenvalue weighted by atomic mass is 9.81. The van der Waals surface area contributed by atoms with Crippen LogP contribution in [0.3, 0.4) is 0 Å². The van der Waals surface area contributed by atoms with E-state index in [1.807, 2.05) is 6.07 Å². The summed E-state index contributed by atoms with van der Waals surface area (Å²) in [6, 6.07) is 5.85. The number of carbonyl (C=O) groups is 1. The third kappa shape index (κ3) is 6.15. The van der Waals surface area contributed by atoms with Crippen LogP contribution in [0.4, 0.5) is 18.9 Å². The second kappa shape index (κ2) is 10.6. The molecular formula is C21H23ClF3N3O3S2. The summed E-state index contributed by atoms with van der Waals surface area (Å²) in [6.45, 7) is 2.86. The zero-order valence-electron chi connectivity index (χ0n) is 17.5. The number of aliphatic hydroxyl groups excluding tert-OH is 1. The molecule has 3 heterocycles. The number of pyridine rings is 1. The van der Waals surface area contributed by atoms with E-state index in [-0.39, 0.29) is 12.0 Å². The Morgan fingerprint density at radius 2 is 2.09 bits per heavy atom. The van der Waals surface area contributed by atoms with Gasteiger partial charge < -0.3 is 21.3 Å². The van der Waals surface area contributed by atoms with Gasteiger partial charge >= 0.3 is 12.1 Å². The van der Waals surface area contributed by atoms with Crippen LogP contribution >= 0.6 is 34.3 Å². The molecule has 4 rings (SSSR count). The van der Waals surface area contributed by atoms with E-state index in [0.717, 1.165) is 47.3 Å². The van der Waals surface area contributed by atoms with Crippen LogP contribution in [0.25, 0.3) is 10.2 Å². The van der Waals surface area contributed by atoms with Crippen molar-refractivity contribution in [1.29, 1.82) is 0 Å². The zero-order valence-corrected chi connectivity index (χ0v) is 19.9. The first-order valence-electron chi connectivity index (χ1n) is 10.1. The number of aliphatic hydroxyl groups is 1. The van der Waals surface area contributed by atoms with Gasteiger partial charge in [0.05, 0.1) is 22.0 Å². The Hall–Kier alpha value is -1.92. The number of aliphatic carboxylic acids is 1. The highest BCUT2D eigenvalue weighted by Crippen LogP contribution is 2.44. The molecule has 1 fully saturated rings. The summed E-state index contributed by atoms with van der Waals surface area (Å²) in [6.07, 6.45) is -2.70. The third-order valence-electron chi connectivity index (χ3n) is 5.41. The number of alkyl halides is 3. The Balaban J connectivity index is 0.000000383. The van der Waals surface area contributed by atoms with Crippen LogP contribution in [0.1, 0.15) is 40.5 Å². The zero-order chi connectivity index (χ0) is 24.3. The molecule has 1 saturated carbocycles. The van der Waals surface area contributed by atoms with Crippen molar-refractivity contribution in [2.24, 2.45) is 5.73 Å². The number of nitrogens with zero attached hydrogens (tertiary/aromatic N) is 1. The molecule has 0 bridgehead atoms. The van der Waals surface area contributed by atoms with Crippen molar-refractivity contribution in [3.8, 4) is 0 Å². The molecule has 0 unspecified atom stereocenters. The van der Waals surface area contributed by atoms with Crippen molar-refractivity contribution in [3.05, 3.63) is 44.1 Å². The van der Waals surface area contributed by atoms with Crippen LogP contribution in [-0.4, -0.2) is 39.5 Å². The van der Waals surface area contributed by atoms with E-state index in [0.29, 0.717) is 5.15 Å². The Bertz CT molecular complexity index is 1110. The number of nitrogens with one attached hydrogen (secondary N) is 1. The smallest absolute Gasteiger partial charge is 0.475 e. The van der Waals surface area contributed by atoms with Gasteiger partial charge in [0.15, 0.2) is 0 Å². The van der Waals surface area contributed by atoms with Crippen molar-refractivity contribution >= 4 is 56.1 Å². The van der Waals surface area contributed by atoms with Crippen molar-refractivity contribution in [3.63, 3.8) is 0 Å². The highest BCUT2D eigenvalue weighted by atomic mass is 35.5. The van der Waals surface area contributed by atoms with Gasteiger partial charge in [-0.2, -0.15) is 13.2 Å². The van der Waals surface area contributed by atoms with Crippen LogP contribution in [0, 0.1) is 6.92 Å². The predicted octanol–water partition coefficient (Wildman–Crippen LogP) is 5.52. The highest BCUT2D eigenvalue weighted by Gasteiger charge is 2.38. The molecular weight excluding hydrogens is 499 g/mol. The molecule has 0 aromatic carbocycles. The van der Waals surface area contributed by atoms with Gasteiger partial charge in [-0.05, 0) is 36.8 Å². The van der Waals surface area contributed by atoms with E-state index in [9.17, 15) is 18.3 Å². The number of hydrogen-bond donors (Lipinski definition) is 4. The molecule has 180 valence electrons. The van der Waals surface area contributed by atoms with Crippen molar-refractivity contribution in [2.75, 3.05) is 5.32 Å². The summed E-state index contributed by atoms with van der Waals surface area (Å²) < 4.78 is 32.9. The molecule has 12 heteroatoms. The molecule has 0 amide bonds. The van der Waals surface area contributed by atoms with Crippen molar-refractivity contribution < 1.29 is 28.2 Å². The first-order chi connectivity index (χ1) is 15.5. The lowest BCUT2D eigenvalue weighted by Gasteiger charge is -2.32. The summed E-state index contributed by atoms with van der Waals surface area (Å²) in [7, 11) is 0. The maximum atomic E-state index is 10.6. The number of hydrogen-bond acceptors (Lipinski definition) is 7. The molecule has 0 radical (unpaired) electrons. The number of nitrogens with two attached hydrogens (primary N) is 1. The van der Waals surface area contributed by atoms with Crippen molar-refractivity contribution in [1.82, 2.24) is 4.98 Å². The number of halogens is 4. The van der Waals surface area contributed by atoms with Gasteiger partial charge in [-0.15, -0.1) is 22.7 Å². The second-order valence-corrected chi connectivity index (χ2v) is 10.2. The van der Waals surface area contributed by atoms with E-state index < -0.39 is 18.2 Å². The average molecular weight is 522 g/mol. The van der Waals surface area contributed by atoms with Gasteiger partial charge in [0, 0.05) is 34.3 Å². The molecule has 33 heavy (non-hydrogen) atoms. The first-order valence-corrected chi connectivity index (χ1v) is 12.2. The number of anilines is 1. The van der Waals surface area contributed by atoms with Gasteiger partial charge in [0.1, 0.15) is 5.15 Å². The number of aryl methyl sites for hydroxylation is 1. The normalized spacial score (nSPS) is 20.9. The van der Waals surface area contributed by atoms with Gasteiger partial charge in [-0.25, -0.2) is 9.78 Å². The Kier molecular flexibility index (Phi) is 8.22. The highest BCUT2D eigenvalue weighted by molar-refractivity contribution is 7.20. The average Bonchev–Trinajstić information content (AvgIpc) is 3.37. The number of thiophene rings is 2. The number of carboxylic acids is 1. The molecule has 3 atom stereocenters. The van der Waals surface area contributed by atoms with Crippen LogP contribution < -0.4 is 11.1 Å². The fourth-order valence-corrected chi connectivity index (χ4v) is 6.02. The first kappa shape index (κ1) is 25.7. The van der Waals surface area contributed by atoms with Crippen LogP contribution in [-0.2, 0) is 11.3 Å². The predicted molar refractivity (Wildman–Crippen MR) is 125 cm³/mol. The van der Waals surface area contributed by atoms with E-state index in [2.05, 4.69) is 34.7 Å². The monoisotopic (exact) mass is 521 g/mol. The van der Waals surface area contributed by atoms with Gasteiger partial charge in [-0.1, -0.05) is 24.1 Å². The SMILES string of the molecule is Cc1c([C@H]2CCC[C@H](O)[C@@H]2N)sc2c(NCc3cccs3)cc(Cl)nc12.O=C(O)C(F)(F)F. The summed E-state index contributed by atoms with van der Waals surface area (Å²) in [4.78, 5) is 16.0. The standard InChI is InChI=1S/C19H22ClN3OS2.C2HF3O2/c1-10-17-19(26-18(10)12-5-2-6-14(24)16(12)21)13(8-15(20)23-17)22-9-11-4-3-7-25-11;3-2(4,5)1(6)7/h3-4,7-8,12,14,16,24H,2,5-6,9,21H2,1H3,(H,22,23);(H,6,7)/t12-,14-,16+;/m0./s1. The van der Waals surface area contributed by atoms with E-state index >= 15 is 0 Å². The summed E-state index contributed by atoms with van der Waals surface area (Å²) >= 11 is 9.76. The second-order valence-electron chi connectivity index (χ2n) is 7.68. The van der Waals surface area contributed by atoms with Gasteiger partial charge in [0.2, 0.25) is 0 Å². The van der Waals surface area contributed by atoms with E-state index in [1.165, 1.54) is 9.75 Å².